The fourth-order valence-electron chi connectivity index (χ4n) is 3.12. The Bertz CT molecular complexity index is 972. The summed E-state index contributed by atoms with van der Waals surface area (Å²) in [6.07, 6.45) is -0.807. The number of aromatic nitrogens is 3. The predicted molar refractivity (Wildman–Crippen MR) is 108 cm³/mol. The van der Waals surface area contributed by atoms with E-state index in [1.54, 1.807) is 11.8 Å². The molecular formula is C19H20ClF3N6O2. The third-order valence-corrected chi connectivity index (χ3v) is 4.94. The van der Waals surface area contributed by atoms with Crippen molar-refractivity contribution in [1.82, 2.24) is 20.3 Å². The minimum Gasteiger partial charge on any atom is -0.353 e. The highest BCUT2D eigenvalue weighted by Gasteiger charge is 2.32. The first-order valence-electron chi connectivity index (χ1n) is 9.58. The SMILES string of the molecule is CCC(=O)Nc1nccc(C(=O)NC2CCCN(c3ncc(C(F)(F)F)cc3Cl)C2)n1. The van der Waals surface area contributed by atoms with Gasteiger partial charge in [-0.2, -0.15) is 13.2 Å². The van der Waals surface area contributed by atoms with E-state index in [1.807, 2.05) is 0 Å². The number of hydrogen-bond donors (Lipinski definition) is 2. The highest BCUT2D eigenvalue weighted by Crippen LogP contribution is 2.34. The average molecular weight is 457 g/mol. The van der Waals surface area contributed by atoms with Crippen LogP contribution in [0.25, 0.3) is 0 Å². The molecule has 166 valence electrons. The molecule has 0 aliphatic carbocycles. The Kier molecular flexibility index (Phi) is 6.94. The van der Waals surface area contributed by atoms with Gasteiger partial charge in [-0.1, -0.05) is 18.5 Å². The van der Waals surface area contributed by atoms with Crippen molar-refractivity contribution in [3.05, 3.63) is 40.8 Å². The number of carbonyl (C=O) groups is 2. The molecule has 3 heterocycles. The first kappa shape index (κ1) is 22.7. The molecule has 1 aliphatic heterocycles. The molecule has 3 rings (SSSR count). The number of amides is 2. The van der Waals surface area contributed by atoms with Crippen molar-refractivity contribution >= 4 is 35.2 Å². The molecule has 2 aromatic heterocycles. The number of pyridine rings is 1. The number of nitrogens with one attached hydrogen (secondary N) is 2. The van der Waals surface area contributed by atoms with E-state index in [2.05, 4.69) is 25.6 Å². The van der Waals surface area contributed by atoms with Crippen LogP contribution in [0, 0.1) is 0 Å². The number of nitrogens with zero attached hydrogens (tertiary/aromatic N) is 4. The summed E-state index contributed by atoms with van der Waals surface area (Å²) in [6, 6.07) is 1.98. The number of piperidine rings is 1. The zero-order chi connectivity index (χ0) is 22.6. The number of carbonyl (C=O) groups excluding carboxylic acids is 2. The summed E-state index contributed by atoms with van der Waals surface area (Å²) in [7, 11) is 0. The second-order valence-corrected chi connectivity index (χ2v) is 7.36. The van der Waals surface area contributed by atoms with E-state index in [0.29, 0.717) is 25.9 Å². The fourth-order valence-corrected chi connectivity index (χ4v) is 3.41. The van der Waals surface area contributed by atoms with Crippen molar-refractivity contribution in [3.63, 3.8) is 0 Å². The quantitative estimate of drug-likeness (QED) is 0.716. The summed E-state index contributed by atoms with van der Waals surface area (Å²) in [5.74, 6) is -0.458. The van der Waals surface area contributed by atoms with E-state index in [0.717, 1.165) is 12.3 Å². The van der Waals surface area contributed by atoms with Gasteiger partial charge in [0.15, 0.2) is 0 Å². The highest BCUT2D eigenvalue weighted by atomic mass is 35.5. The molecule has 0 aromatic carbocycles. The molecule has 2 aromatic rings. The summed E-state index contributed by atoms with van der Waals surface area (Å²) >= 11 is 6.05. The largest absolute Gasteiger partial charge is 0.417 e. The highest BCUT2D eigenvalue weighted by molar-refractivity contribution is 6.33. The van der Waals surface area contributed by atoms with Crippen LogP contribution in [0.4, 0.5) is 24.9 Å². The molecule has 8 nitrogen and oxygen atoms in total. The monoisotopic (exact) mass is 456 g/mol. The smallest absolute Gasteiger partial charge is 0.353 e. The van der Waals surface area contributed by atoms with Gasteiger partial charge in [0, 0.05) is 37.9 Å². The van der Waals surface area contributed by atoms with E-state index in [9.17, 15) is 22.8 Å². The van der Waals surface area contributed by atoms with Crippen LogP contribution in [0.1, 0.15) is 42.2 Å². The van der Waals surface area contributed by atoms with E-state index >= 15 is 0 Å². The molecule has 1 fully saturated rings. The summed E-state index contributed by atoms with van der Waals surface area (Å²) in [5.41, 5.74) is -0.831. The minimum absolute atomic E-state index is 0.0329. The van der Waals surface area contributed by atoms with Gasteiger partial charge in [-0.3, -0.25) is 14.9 Å². The van der Waals surface area contributed by atoms with Crippen molar-refractivity contribution in [2.75, 3.05) is 23.3 Å². The number of rotatable bonds is 5. The van der Waals surface area contributed by atoms with E-state index in [4.69, 9.17) is 11.6 Å². The molecule has 1 aliphatic rings. The van der Waals surface area contributed by atoms with Gasteiger partial charge in [-0.05, 0) is 25.0 Å². The first-order chi connectivity index (χ1) is 14.7. The molecule has 2 N–H and O–H groups in total. The lowest BCUT2D eigenvalue weighted by Crippen LogP contribution is -2.48. The van der Waals surface area contributed by atoms with Crippen LogP contribution >= 0.6 is 11.6 Å². The number of hydrogen-bond acceptors (Lipinski definition) is 6. The van der Waals surface area contributed by atoms with Crippen molar-refractivity contribution in [1.29, 1.82) is 0 Å². The lowest BCUT2D eigenvalue weighted by molar-refractivity contribution is -0.137. The van der Waals surface area contributed by atoms with Crippen LogP contribution in [-0.2, 0) is 11.0 Å². The van der Waals surface area contributed by atoms with Gasteiger partial charge in [0.05, 0.1) is 10.6 Å². The van der Waals surface area contributed by atoms with Gasteiger partial charge < -0.3 is 10.2 Å². The van der Waals surface area contributed by atoms with E-state index < -0.39 is 17.6 Å². The second-order valence-electron chi connectivity index (χ2n) is 6.95. The summed E-state index contributed by atoms with van der Waals surface area (Å²) < 4.78 is 38.5. The Hall–Kier alpha value is -2.95. The van der Waals surface area contributed by atoms with Crippen molar-refractivity contribution in [2.45, 2.75) is 38.4 Å². The average Bonchev–Trinajstić information content (AvgIpc) is 2.73. The fraction of sp³-hybridized carbons (Fsp3) is 0.421. The maximum absolute atomic E-state index is 12.8. The second kappa shape index (κ2) is 9.46. The van der Waals surface area contributed by atoms with Gasteiger partial charge in [-0.15, -0.1) is 0 Å². The van der Waals surface area contributed by atoms with Crippen LogP contribution < -0.4 is 15.5 Å². The van der Waals surface area contributed by atoms with E-state index in [-0.39, 0.29) is 40.9 Å². The molecule has 1 saturated heterocycles. The van der Waals surface area contributed by atoms with Crippen LogP contribution in [-0.4, -0.2) is 45.9 Å². The van der Waals surface area contributed by atoms with Gasteiger partial charge >= 0.3 is 6.18 Å². The topological polar surface area (TPSA) is 100 Å². The Morgan fingerprint density at radius 2 is 2.10 bits per heavy atom. The molecule has 0 saturated carbocycles. The number of alkyl halides is 3. The molecule has 0 bridgehead atoms. The molecule has 0 spiro atoms. The van der Waals surface area contributed by atoms with Gasteiger partial charge in [0.25, 0.3) is 5.91 Å². The van der Waals surface area contributed by atoms with Crippen LogP contribution in [0.5, 0.6) is 0 Å². The Balaban J connectivity index is 1.67. The van der Waals surface area contributed by atoms with Crippen molar-refractivity contribution in [3.8, 4) is 0 Å². The lowest BCUT2D eigenvalue weighted by atomic mass is 10.1. The third-order valence-electron chi connectivity index (χ3n) is 4.67. The molecule has 12 heteroatoms. The van der Waals surface area contributed by atoms with Crippen molar-refractivity contribution in [2.24, 2.45) is 0 Å². The van der Waals surface area contributed by atoms with Gasteiger partial charge in [0.2, 0.25) is 11.9 Å². The van der Waals surface area contributed by atoms with Crippen molar-refractivity contribution < 1.29 is 22.8 Å². The van der Waals surface area contributed by atoms with Crippen LogP contribution in [0.15, 0.2) is 24.5 Å². The minimum atomic E-state index is -4.53. The predicted octanol–water partition coefficient (Wildman–Crippen LogP) is 3.29. The maximum Gasteiger partial charge on any atom is 0.417 e. The number of halogens is 4. The molecule has 2 amide bonds. The zero-order valence-corrected chi connectivity index (χ0v) is 17.3. The maximum atomic E-state index is 12.8. The van der Waals surface area contributed by atoms with E-state index in [1.165, 1.54) is 12.3 Å². The standard InChI is InChI=1S/C19H20ClF3N6O2/c1-2-15(30)28-18-24-6-5-14(27-18)17(31)26-12-4-3-7-29(10-12)16-13(20)8-11(9-25-16)19(21,22)23/h5-6,8-9,12H,2-4,7,10H2,1H3,(H,26,31)(H,24,27,28,30). The summed E-state index contributed by atoms with van der Waals surface area (Å²) in [6.45, 7) is 2.55. The van der Waals surface area contributed by atoms with Gasteiger partial charge in [-0.25, -0.2) is 15.0 Å². The Morgan fingerprint density at radius 3 is 2.77 bits per heavy atom. The molecule has 0 radical (unpaired) electrons. The molecule has 1 atom stereocenters. The lowest BCUT2D eigenvalue weighted by Gasteiger charge is -2.34. The Morgan fingerprint density at radius 1 is 1.32 bits per heavy atom. The number of anilines is 2. The Labute approximate surface area is 181 Å². The zero-order valence-electron chi connectivity index (χ0n) is 16.5. The first-order valence-corrected chi connectivity index (χ1v) is 9.96. The van der Waals surface area contributed by atoms with Crippen LogP contribution in [0.2, 0.25) is 5.02 Å². The van der Waals surface area contributed by atoms with Gasteiger partial charge in [0.1, 0.15) is 11.5 Å². The van der Waals surface area contributed by atoms with Crippen LogP contribution in [0.3, 0.4) is 0 Å². The summed E-state index contributed by atoms with van der Waals surface area (Å²) in [4.78, 5) is 37.6. The summed E-state index contributed by atoms with van der Waals surface area (Å²) in [5, 5.41) is 5.24. The normalized spacial score (nSPS) is 16.7. The molecule has 31 heavy (non-hydrogen) atoms. The molecular weight excluding hydrogens is 437 g/mol. The third kappa shape index (κ3) is 5.81. The molecule has 1 unspecified atom stereocenters.